The van der Waals surface area contributed by atoms with Crippen LogP contribution in [0.3, 0.4) is 0 Å². The molecule has 0 aliphatic carbocycles. The van der Waals surface area contributed by atoms with E-state index in [0.717, 1.165) is 6.42 Å². The van der Waals surface area contributed by atoms with Gasteiger partial charge in [-0.2, -0.15) is 0 Å². The molecular formula is C13H30N4O2S. The van der Waals surface area contributed by atoms with Crippen LogP contribution in [0.4, 0.5) is 0 Å². The Kier molecular flexibility index (Phi) is 10.5. The molecule has 0 aromatic carbocycles. The molecule has 0 heterocycles. The second kappa shape index (κ2) is 10.9. The fourth-order valence-corrected chi connectivity index (χ4v) is 2.31. The molecule has 0 rings (SSSR count). The molecule has 20 heavy (non-hydrogen) atoms. The van der Waals surface area contributed by atoms with Crippen LogP contribution in [0.5, 0.6) is 0 Å². The van der Waals surface area contributed by atoms with Crippen LogP contribution in [-0.2, 0) is 10.0 Å². The van der Waals surface area contributed by atoms with Crippen LogP contribution in [0, 0.1) is 0 Å². The number of hydrogen-bond acceptors (Lipinski definition) is 3. The van der Waals surface area contributed by atoms with Crippen LogP contribution in [0.25, 0.3) is 0 Å². The van der Waals surface area contributed by atoms with Crippen LogP contribution in [0.15, 0.2) is 4.99 Å². The fourth-order valence-electron chi connectivity index (χ4n) is 1.69. The van der Waals surface area contributed by atoms with Gasteiger partial charge in [-0.15, -0.1) is 0 Å². The van der Waals surface area contributed by atoms with E-state index in [1.807, 2.05) is 0 Å². The SMILES string of the molecule is CCCCCC(C)NC(=NC)NCCNS(=O)(=O)CC. The quantitative estimate of drug-likeness (QED) is 0.320. The van der Waals surface area contributed by atoms with E-state index in [2.05, 4.69) is 34.2 Å². The molecule has 0 amide bonds. The highest BCUT2D eigenvalue weighted by Crippen LogP contribution is 2.02. The number of rotatable bonds is 10. The number of nitrogens with zero attached hydrogens (tertiary/aromatic N) is 1. The van der Waals surface area contributed by atoms with Gasteiger partial charge in [0.1, 0.15) is 0 Å². The Bertz CT molecular complexity index is 369. The third-order valence-electron chi connectivity index (χ3n) is 2.97. The Morgan fingerprint density at radius 2 is 1.90 bits per heavy atom. The smallest absolute Gasteiger partial charge is 0.211 e. The van der Waals surface area contributed by atoms with Gasteiger partial charge in [0.2, 0.25) is 10.0 Å². The lowest BCUT2D eigenvalue weighted by molar-refractivity contribution is 0.546. The first-order chi connectivity index (χ1) is 9.45. The molecular weight excluding hydrogens is 276 g/mol. The van der Waals surface area contributed by atoms with Crippen molar-refractivity contribution in [1.29, 1.82) is 0 Å². The summed E-state index contributed by atoms with van der Waals surface area (Å²) in [4.78, 5) is 4.13. The maximum atomic E-state index is 11.3. The lowest BCUT2D eigenvalue weighted by atomic mass is 10.1. The summed E-state index contributed by atoms with van der Waals surface area (Å²) in [6, 6.07) is 0.361. The average Bonchev–Trinajstić information content (AvgIpc) is 2.42. The van der Waals surface area contributed by atoms with Crippen molar-refractivity contribution in [3.63, 3.8) is 0 Å². The number of hydrogen-bond donors (Lipinski definition) is 3. The summed E-state index contributed by atoms with van der Waals surface area (Å²) in [7, 11) is -1.40. The number of sulfonamides is 1. The van der Waals surface area contributed by atoms with Crippen molar-refractivity contribution in [2.24, 2.45) is 4.99 Å². The Labute approximate surface area is 123 Å². The van der Waals surface area contributed by atoms with Gasteiger partial charge in [-0.05, 0) is 20.3 Å². The highest BCUT2D eigenvalue weighted by atomic mass is 32.2. The fraction of sp³-hybridized carbons (Fsp3) is 0.923. The predicted molar refractivity (Wildman–Crippen MR) is 85.6 cm³/mol. The number of nitrogens with one attached hydrogen (secondary N) is 3. The first-order valence-corrected chi connectivity index (χ1v) is 9.04. The van der Waals surface area contributed by atoms with E-state index in [0.29, 0.717) is 25.1 Å². The highest BCUT2D eigenvalue weighted by molar-refractivity contribution is 7.89. The molecule has 0 spiro atoms. The molecule has 120 valence electrons. The molecule has 6 nitrogen and oxygen atoms in total. The monoisotopic (exact) mass is 306 g/mol. The van der Waals surface area contributed by atoms with E-state index in [1.54, 1.807) is 14.0 Å². The Morgan fingerprint density at radius 1 is 1.20 bits per heavy atom. The molecule has 0 aliphatic heterocycles. The van der Waals surface area contributed by atoms with E-state index in [1.165, 1.54) is 19.3 Å². The van der Waals surface area contributed by atoms with Gasteiger partial charge in [0.05, 0.1) is 5.75 Å². The topological polar surface area (TPSA) is 82.6 Å². The zero-order valence-corrected chi connectivity index (χ0v) is 14.0. The number of guanidine groups is 1. The summed E-state index contributed by atoms with van der Waals surface area (Å²) < 4.78 is 25.0. The molecule has 7 heteroatoms. The first-order valence-electron chi connectivity index (χ1n) is 7.39. The zero-order valence-electron chi connectivity index (χ0n) is 13.2. The zero-order chi connectivity index (χ0) is 15.4. The third kappa shape index (κ3) is 10.0. The van der Waals surface area contributed by atoms with E-state index in [9.17, 15) is 8.42 Å². The van der Waals surface area contributed by atoms with Crippen molar-refractivity contribution in [2.45, 2.75) is 52.5 Å². The number of unbranched alkanes of at least 4 members (excludes halogenated alkanes) is 2. The van der Waals surface area contributed by atoms with E-state index >= 15 is 0 Å². The second-order valence-corrected chi connectivity index (χ2v) is 6.93. The Hall–Kier alpha value is -0.820. The molecule has 0 radical (unpaired) electrons. The molecule has 3 N–H and O–H groups in total. The lowest BCUT2D eigenvalue weighted by Gasteiger charge is -2.17. The van der Waals surface area contributed by atoms with Gasteiger partial charge >= 0.3 is 0 Å². The number of aliphatic imine (C=N–C) groups is 1. The predicted octanol–water partition coefficient (Wildman–Crippen LogP) is 1.06. The summed E-state index contributed by atoms with van der Waals surface area (Å²) in [6.45, 7) is 6.81. The van der Waals surface area contributed by atoms with Crippen LogP contribution in [-0.4, -0.2) is 46.3 Å². The first kappa shape index (κ1) is 19.2. The highest BCUT2D eigenvalue weighted by Gasteiger charge is 2.06. The van der Waals surface area contributed by atoms with Gasteiger partial charge in [-0.3, -0.25) is 4.99 Å². The largest absolute Gasteiger partial charge is 0.355 e. The van der Waals surface area contributed by atoms with Gasteiger partial charge < -0.3 is 10.6 Å². The van der Waals surface area contributed by atoms with Crippen LogP contribution in [0.1, 0.15) is 46.5 Å². The summed E-state index contributed by atoms with van der Waals surface area (Å²) in [5.41, 5.74) is 0. The maximum absolute atomic E-state index is 11.3. The molecule has 0 aromatic rings. The molecule has 0 fully saturated rings. The van der Waals surface area contributed by atoms with Crippen LogP contribution >= 0.6 is 0 Å². The third-order valence-corrected chi connectivity index (χ3v) is 4.37. The minimum atomic E-state index is -3.11. The molecule has 0 saturated carbocycles. The van der Waals surface area contributed by atoms with Crippen molar-refractivity contribution in [3.05, 3.63) is 0 Å². The van der Waals surface area contributed by atoms with Crippen molar-refractivity contribution >= 4 is 16.0 Å². The minimum absolute atomic E-state index is 0.106. The van der Waals surface area contributed by atoms with Crippen molar-refractivity contribution in [3.8, 4) is 0 Å². The van der Waals surface area contributed by atoms with E-state index in [4.69, 9.17) is 0 Å². The molecule has 0 saturated heterocycles. The van der Waals surface area contributed by atoms with Gasteiger partial charge in [0.25, 0.3) is 0 Å². The molecule has 0 aliphatic rings. The van der Waals surface area contributed by atoms with Crippen LogP contribution in [0.2, 0.25) is 0 Å². The minimum Gasteiger partial charge on any atom is -0.355 e. The van der Waals surface area contributed by atoms with Gasteiger partial charge in [-0.1, -0.05) is 26.2 Å². The van der Waals surface area contributed by atoms with E-state index < -0.39 is 10.0 Å². The molecule has 0 bridgehead atoms. The van der Waals surface area contributed by atoms with Gasteiger partial charge in [0, 0.05) is 26.2 Å². The lowest BCUT2D eigenvalue weighted by Crippen LogP contribution is -2.44. The van der Waals surface area contributed by atoms with Crippen LogP contribution < -0.4 is 15.4 Å². The van der Waals surface area contributed by atoms with Gasteiger partial charge in [-0.25, -0.2) is 13.1 Å². The summed E-state index contributed by atoms with van der Waals surface area (Å²) >= 11 is 0. The molecule has 1 unspecified atom stereocenters. The Balaban J connectivity index is 3.88. The molecule has 0 aromatic heterocycles. The molecule has 1 atom stereocenters. The Morgan fingerprint density at radius 3 is 2.45 bits per heavy atom. The average molecular weight is 306 g/mol. The summed E-state index contributed by atoms with van der Waals surface area (Å²) in [6.07, 6.45) is 4.78. The summed E-state index contributed by atoms with van der Waals surface area (Å²) in [5.74, 6) is 0.818. The van der Waals surface area contributed by atoms with Crippen molar-refractivity contribution in [2.75, 3.05) is 25.9 Å². The van der Waals surface area contributed by atoms with Gasteiger partial charge in [0.15, 0.2) is 5.96 Å². The normalized spacial score (nSPS) is 14.1. The second-order valence-electron chi connectivity index (χ2n) is 4.84. The maximum Gasteiger partial charge on any atom is 0.211 e. The summed E-state index contributed by atoms with van der Waals surface area (Å²) in [5, 5.41) is 6.40. The van der Waals surface area contributed by atoms with Crippen molar-refractivity contribution in [1.82, 2.24) is 15.4 Å². The van der Waals surface area contributed by atoms with E-state index in [-0.39, 0.29) is 5.75 Å². The van der Waals surface area contributed by atoms with Crippen molar-refractivity contribution < 1.29 is 8.42 Å². The standard InChI is InChI=1S/C13H30N4O2S/c1-5-7-8-9-12(3)17-13(14-4)15-10-11-16-20(18,19)6-2/h12,16H,5-11H2,1-4H3,(H2,14,15,17).